The number of aliphatic carboxylic acids is 1. The van der Waals surface area contributed by atoms with Crippen molar-refractivity contribution in [2.24, 2.45) is 5.92 Å². The van der Waals surface area contributed by atoms with E-state index in [4.69, 9.17) is 5.11 Å². The molecule has 0 aliphatic carbocycles. The molecule has 0 aromatic carbocycles. The van der Waals surface area contributed by atoms with Crippen LogP contribution in [0.5, 0.6) is 0 Å². The first-order valence-corrected chi connectivity index (χ1v) is 7.62. The fourth-order valence-electron chi connectivity index (χ4n) is 2.47. The fraction of sp³-hybridized carbons (Fsp3) is 0.733. The van der Waals surface area contributed by atoms with Gasteiger partial charge in [0.15, 0.2) is 0 Å². The highest BCUT2D eigenvalue weighted by Crippen LogP contribution is 2.17. The number of carboxylic acids is 1. The van der Waals surface area contributed by atoms with Crippen molar-refractivity contribution in [1.29, 1.82) is 0 Å². The lowest BCUT2D eigenvalue weighted by Crippen LogP contribution is -2.51. The molecule has 0 saturated carbocycles. The largest absolute Gasteiger partial charge is 0.481 e. The van der Waals surface area contributed by atoms with Gasteiger partial charge in [-0.1, -0.05) is 13.8 Å². The summed E-state index contributed by atoms with van der Waals surface area (Å²) in [6, 6.07) is -1.63. The molecule has 22 heavy (non-hydrogen) atoms. The van der Waals surface area contributed by atoms with Gasteiger partial charge in [-0.2, -0.15) is 0 Å². The van der Waals surface area contributed by atoms with Crippen molar-refractivity contribution in [1.82, 2.24) is 10.2 Å². The highest BCUT2D eigenvalue weighted by Gasteiger charge is 2.34. The standard InChI is InChI=1S/C15H24N2O5/c1-10(2)5-6-13(19)16-12(8-14(20)21)15(22)17-7-3-4-11(17)9-18/h9-12H,3-8H2,1-2H3,(H,16,19)(H,20,21)/t11-,12-/m0/s1. The molecule has 7 nitrogen and oxygen atoms in total. The van der Waals surface area contributed by atoms with Crippen LogP contribution >= 0.6 is 0 Å². The molecule has 124 valence electrons. The maximum Gasteiger partial charge on any atom is 0.305 e. The third-order valence-corrected chi connectivity index (χ3v) is 3.70. The van der Waals surface area contributed by atoms with E-state index in [-0.39, 0.29) is 12.3 Å². The van der Waals surface area contributed by atoms with Gasteiger partial charge >= 0.3 is 5.97 Å². The van der Waals surface area contributed by atoms with Gasteiger partial charge in [-0.05, 0) is 25.2 Å². The molecule has 7 heteroatoms. The third-order valence-electron chi connectivity index (χ3n) is 3.70. The summed E-state index contributed by atoms with van der Waals surface area (Å²) in [5, 5.41) is 11.4. The van der Waals surface area contributed by atoms with Crippen LogP contribution in [0.3, 0.4) is 0 Å². The first-order valence-electron chi connectivity index (χ1n) is 7.62. The van der Waals surface area contributed by atoms with E-state index in [2.05, 4.69) is 5.32 Å². The topological polar surface area (TPSA) is 104 Å². The molecule has 1 heterocycles. The zero-order chi connectivity index (χ0) is 16.7. The summed E-state index contributed by atoms with van der Waals surface area (Å²) in [5.41, 5.74) is 0. The van der Waals surface area contributed by atoms with Gasteiger partial charge in [0.05, 0.1) is 12.5 Å². The van der Waals surface area contributed by atoms with Crippen LogP contribution in [0, 0.1) is 5.92 Å². The molecule has 1 rings (SSSR count). The number of carbonyl (C=O) groups is 4. The third kappa shape index (κ3) is 5.46. The van der Waals surface area contributed by atoms with Gasteiger partial charge in [-0.3, -0.25) is 14.4 Å². The maximum absolute atomic E-state index is 12.4. The average molecular weight is 312 g/mol. The van der Waals surface area contributed by atoms with E-state index in [1.807, 2.05) is 13.8 Å². The number of amides is 2. The molecule has 2 amide bonds. The van der Waals surface area contributed by atoms with Crippen molar-refractivity contribution in [3.05, 3.63) is 0 Å². The minimum atomic E-state index is -1.16. The fourth-order valence-corrected chi connectivity index (χ4v) is 2.47. The van der Waals surface area contributed by atoms with Gasteiger partial charge in [0.2, 0.25) is 11.8 Å². The first-order chi connectivity index (χ1) is 10.3. The van der Waals surface area contributed by atoms with Crippen molar-refractivity contribution in [2.45, 2.75) is 58.0 Å². The normalized spacial score (nSPS) is 19.0. The van der Waals surface area contributed by atoms with E-state index < -0.39 is 30.4 Å². The van der Waals surface area contributed by atoms with Crippen LogP contribution in [0.1, 0.15) is 46.0 Å². The van der Waals surface area contributed by atoms with Crippen LogP contribution < -0.4 is 5.32 Å². The van der Waals surface area contributed by atoms with Crippen molar-refractivity contribution < 1.29 is 24.3 Å². The van der Waals surface area contributed by atoms with Crippen molar-refractivity contribution in [2.75, 3.05) is 6.54 Å². The molecule has 2 N–H and O–H groups in total. The quantitative estimate of drug-likeness (QED) is 0.638. The Morgan fingerprint density at radius 3 is 2.59 bits per heavy atom. The molecule has 1 saturated heterocycles. The van der Waals surface area contributed by atoms with Crippen LogP contribution in [-0.4, -0.2) is 52.7 Å². The second-order valence-electron chi connectivity index (χ2n) is 6.03. The van der Waals surface area contributed by atoms with Gasteiger partial charge in [-0.15, -0.1) is 0 Å². The lowest BCUT2D eigenvalue weighted by Gasteiger charge is -2.26. The predicted molar refractivity (Wildman–Crippen MR) is 79.1 cm³/mol. The Morgan fingerprint density at radius 2 is 2.05 bits per heavy atom. The van der Waals surface area contributed by atoms with Gasteiger partial charge in [0.25, 0.3) is 0 Å². The van der Waals surface area contributed by atoms with Gasteiger partial charge in [0, 0.05) is 13.0 Å². The predicted octanol–water partition coefficient (Wildman–Crippen LogP) is 0.572. The minimum Gasteiger partial charge on any atom is -0.481 e. The Hall–Kier alpha value is -1.92. The molecular formula is C15H24N2O5. The summed E-state index contributed by atoms with van der Waals surface area (Å²) in [5.74, 6) is -1.65. The SMILES string of the molecule is CC(C)CCC(=O)N[C@@H](CC(=O)O)C(=O)N1CCC[C@H]1C=O. The van der Waals surface area contributed by atoms with E-state index in [0.29, 0.717) is 38.0 Å². The van der Waals surface area contributed by atoms with Crippen LogP contribution in [0.2, 0.25) is 0 Å². The Bertz CT molecular complexity index is 436. The number of likely N-dealkylation sites (tertiary alicyclic amines) is 1. The van der Waals surface area contributed by atoms with Gasteiger partial charge in [0.1, 0.15) is 12.3 Å². The second-order valence-corrected chi connectivity index (χ2v) is 6.03. The Kier molecular flexibility index (Phi) is 7.01. The van der Waals surface area contributed by atoms with E-state index in [1.54, 1.807) is 0 Å². The monoisotopic (exact) mass is 312 g/mol. The summed E-state index contributed by atoms with van der Waals surface area (Å²) >= 11 is 0. The summed E-state index contributed by atoms with van der Waals surface area (Å²) in [7, 11) is 0. The van der Waals surface area contributed by atoms with Crippen molar-refractivity contribution in [3.63, 3.8) is 0 Å². The molecule has 0 unspecified atom stereocenters. The van der Waals surface area contributed by atoms with Crippen molar-refractivity contribution >= 4 is 24.1 Å². The summed E-state index contributed by atoms with van der Waals surface area (Å²) in [6.07, 6.45) is 2.42. The number of rotatable bonds is 8. The highest BCUT2D eigenvalue weighted by atomic mass is 16.4. The highest BCUT2D eigenvalue weighted by molar-refractivity contribution is 5.92. The summed E-state index contributed by atoms with van der Waals surface area (Å²) < 4.78 is 0. The van der Waals surface area contributed by atoms with Crippen LogP contribution in [0.25, 0.3) is 0 Å². The Labute approximate surface area is 130 Å². The van der Waals surface area contributed by atoms with Gasteiger partial charge in [-0.25, -0.2) is 0 Å². The molecule has 2 atom stereocenters. The molecule has 1 aliphatic heterocycles. The molecule has 1 aliphatic rings. The number of aldehydes is 1. The number of carboxylic acid groups (broad SMARTS) is 1. The molecule has 0 spiro atoms. The van der Waals surface area contributed by atoms with Crippen LogP contribution in [-0.2, 0) is 19.2 Å². The van der Waals surface area contributed by atoms with E-state index >= 15 is 0 Å². The zero-order valence-corrected chi connectivity index (χ0v) is 13.1. The molecule has 0 bridgehead atoms. The lowest BCUT2D eigenvalue weighted by molar-refractivity contribution is -0.144. The second kappa shape index (κ2) is 8.51. The van der Waals surface area contributed by atoms with E-state index in [0.717, 1.165) is 0 Å². The Balaban J connectivity index is 2.70. The zero-order valence-electron chi connectivity index (χ0n) is 13.1. The number of hydrogen-bond acceptors (Lipinski definition) is 4. The average Bonchev–Trinajstić information content (AvgIpc) is 2.91. The van der Waals surface area contributed by atoms with Crippen LogP contribution in [0.4, 0.5) is 0 Å². The molecule has 0 radical (unpaired) electrons. The molecule has 0 aromatic rings. The molecule has 0 aromatic heterocycles. The number of carbonyl (C=O) groups excluding carboxylic acids is 3. The first kappa shape index (κ1) is 18.1. The van der Waals surface area contributed by atoms with E-state index in [1.165, 1.54) is 4.90 Å². The maximum atomic E-state index is 12.4. The van der Waals surface area contributed by atoms with Gasteiger partial charge < -0.3 is 20.1 Å². The van der Waals surface area contributed by atoms with E-state index in [9.17, 15) is 19.2 Å². The summed E-state index contributed by atoms with van der Waals surface area (Å²) in [6.45, 7) is 4.37. The van der Waals surface area contributed by atoms with Crippen LogP contribution in [0.15, 0.2) is 0 Å². The Morgan fingerprint density at radius 1 is 1.36 bits per heavy atom. The van der Waals surface area contributed by atoms with Crippen molar-refractivity contribution in [3.8, 4) is 0 Å². The molecule has 1 fully saturated rings. The number of nitrogens with one attached hydrogen (secondary N) is 1. The summed E-state index contributed by atoms with van der Waals surface area (Å²) in [4.78, 5) is 47.5. The minimum absolute atomic E-state index is 0.248. The smallest absolute Gasteiger partial charge is 0.305 e. The number of nitrogens with zero attached hydrogens (tertiary/aromatic N) is 1. The lowest BCUT2D eigenvalue weighted by atomic mass is 10.1. The molecular weight excluding hydrogens is 288 g/mol. The number of hydrogen-bond donors (Lipinski definition) is 2.